The molecule has 0 saturated carbocycles. The van der Waals surface area contributed by atoms with Gasteiger partial charge in [0.25, 0.3) is 11.8 Å². The van der Waals surface area contributed by atoms with Gasteiger partial charge in [0.05, 0.1) is 0 Å². The van der Waals surface area contributed by atoms with Crippen LogP contribution in [0, 0.1) is 0 Å². The van der Waals surface area contributed by atoms with E-state index in [-0.39, 0.29) is 11.8 Å². The lowest BCUT2D eigenvalue weighted by Crippen LogP contribution is -2.26. The summed E-state index contributed by atoms with van der Waals surface area (Å²) in [6, 6.07) is 21.0. The van der Waals surface area contributed by atoms with E-state index in [9.17, 15) is 9.59 Å². The summed E-state index contributed by atoms with van der Waals surface area (Å²) in [4.78, 5) is 25.9. The van der Waals surface area contributed by atoms with Gasteiger partial charge < -0.3 is 10.2 Å². The number of carbonyl (C=O) groups is 2. The van der Waals surface area contributed by atoms with Crippen molar-refractivity contribution in [3.63, 3.8) is 0 Å². The van der Waals surface area contributed by atoms with E-state index in [4.69, 9.17) is 0 Å². The molecule has 4 nitrogen and oxygen atoms in total. The number of fused-ring (bicyclic) bond motifs is 1. The van der Waals surface area contributed by atoms with Crippen LogP contribution in [0.4, 0.5) is 0 Å². The number of hydrogen-bond donors (Lipinski definition) is 1. The van der Waals surface area contributed by atoms with E-state index in [1.165, 1.54) is 0 Å². The Kier molecular flexibility index (Phi) is 4.80. The maximum absolute atomic E-state index is 12.7. The normalized spacial score (nSPS) is 10.5. The van der Waals surface area contributed by atoms with Gasteiger partial charge in [-0.25, -0.2) is 0 Å². The molecule has 0 heterocycles. The van der Waals surface area contributed by atoms with Crippen LogP contribution < -0.4 is 5.32 Å². The van der Waals surface area contributed by atoms with Crippen molar-refractivity contribution in [1.82, 2.24) is 10.2 Å². The lowest BCUT2D eigenvalue weighted by atomic mass is 10.1. The molecule has 0 unspecified atom stereocenters. The van der Waals surface area contributed by atoms with Gasteiger partial charge in [-0.05, 0) is 40.6 Å². The largest absolute Gasteiger partial charge is 0.355 e. The second kappa shape index (κ2) is 7.18. The molecule has 3 aromatic rings. The molecule has 1 N–H and O–H groups in total. The van der Waals surface area contributed by atoms with Crippen LogP contribution in [0.1, 0.15) is 26.3 Å². The Bertz CT molecular complexity index is 917. The number of benzene rings is 3. The van der Waals surface area contributed by atoms with Crippen molar-refractivity contribution in [1.29, 1.82) is 0 Å². The van der Waals surface area contributed by atoms with Crippen LogP contribution in [0.3, 0.4) is 0 Å². The Morgan fingerprint density at radius 3 is 2.20 bits per heavy atom. The van der Waals surface area contributed by atoms with Gasteiger partial charge >= 0.3 is 0 Å². The molecule has 0 radical (unpaired) electrons. The number of rotatable bonds is 4. The van der Waals surface area contributed by atoms with Crippen LogP contribution in [0.15, 0.2) is 66.7 Å². The van der Waals surface area contributed by atoms with Crippen molar-refractivity contribution in [2.75, 3.05) is 14.1 Å². The monoisotopic (exact) mass is 332 g/mol. The summed E-state index contributed by atoms with van der Waals surface area (Å²) in [6.45, 7) is 0.486. The van der Waals surface area contributed by atoms with Gasteiger partial charge in [-0.2, -0.15) is 0 Å². The molecule has 4 heteroatoms. The molecular formula is C21H20N2O2. The molecule has 0 aromatic heterocycles. The summed E-state index contributed by atoms with van der Waals surface area (Å²) in [5.74, 6) is -0.145. The lowest BCUT2D eigenvalue weighted by molar-refractivity contribution is 0.0785. The van der Waals surface area contributed by atoms with E-state index < -0.39 is 0 Å². The van der Waals surface area contributed by atoms with Crippen LogP contribution in [-0.4, -0.2) is 30.8 Å². The van der Waals surface area contributed by atoms with E-state index in [0.717, 1.165) is 16.3 Å². The van der Waals surface area contributed by atoms with Crippen molar-refractivity contribution in [2.24, 2.45) is 0 Å². The topological polar surface area (TPSA) is 49.4 Å². The van der Waals surface area contributed by atoms with Crippen LogP contribution >= 0.6 is 0 Å². The van der Waals surface area contributed by atoms with Crippen LogP contribution in [0.2, 0.25) is 0 Å². The summed E-state index contributed by atoms with van der Waals surface area (Å²) in [5.41, 5.74) is 2.25. The van der Waals surface area contributed by atoms with Crippen LogP contribution in [0.5, 0.6) is 0 Å². The Balaban J connectivity index is 1.74. The molecule has 3 aromatic carbocycles. The fraction of sp³-hybridized carbons (Fsp3) is 0.143. The Morgan fingerprint density at radius 2 is 1.52 bits per heavy atom. The highest BCUT2D eigenvalue weighted by Crippen LogP contribution is 2.17. The predicted octanol–water partition coefficient (Wildman–Crippen LogP) is 3.47. The van der Waals surface area contributed by atoms with Gasteiger partial charge in [-0.3, -0.25) is 9.59 Å². The third-order valence-electron chi connectivity index (χ3n) is 4.21. The average molecular weight is 332 g/mol. The SMILES string of the molecule is CNC(=O)c1ccc(CN(C)C(=O)c2ccc3ccccc3c2)cc1. The summed E-state index contributed by atoms with van der Waals surface area (Å²) >= 11 is 0. The number of nitrogens with zero attached hydrogens (tertiary/aromatic N) is 1. The van der Waals surface area contributed by atoms with Crippen molar-refractivity contribution in [2.45, 2.75) is 6.54 Å². The van der Waals surface area contributed by atoms with Gasteiger partial charge in [-0.15, -0.1) is 0 Å². The van der Waals surface area contributed by atoms with E-state index in [0.29, 0.717) is 17.7 Å². The van der Waals surface area contributed by atoms with E-state index in [2.05, 4.69) is 5.32 Å². The second-order valence-corrected chi connectivity index (χ2v) is 6.00. The van der Waals surface area contributed by atoms with Gasteiger partial charge in [0, 0.05) is 31.8 Å². The minimum atomic E-state index is -0.118. The van der Waals surface area contributed by atoms with Gasteiger partial charge in [0.1, 0.15) is 0 Å². The number of carbonyl (C=O) groups excluding carboxylic acids is 2. The van der Waals surface area contributed by atoms with Crippen molar-refractivity contribution in [3.8, 4) is 0 Å². The summed E-state index contributed by atoms with van der Waals surface area (Å²) in [7, 11) is 3.39. The number of amides is 2. The second-order valence-electron chi connectivity index (χ2n) is 6.00. The molecule has 0 aliphatic carbocycles. The van der Waals surface area contributed by atoms with E-state index in [1.807, 2.05) is 54.6 Å². The lowest BCUT2D eigenvalue weighted by Gasteiger charge is -2.18. The van der Waals surface area contributed by atoms with Crippen LogP contribution in [-0.2, 0) is 6.54 Å². The number of hydrogen-bond acceptors (Lipinski definition) is 2. The summed E-state index contributed by atoms with van der Waals surface area (Å²) < 4.78 is 0. The molecule has 0 spiro atoms. The van der Waals surface area contributed by atoms with Crippen molar-refractivity contribution in [3.05, 3.63) is 83.4 Å². The third-order valence-corrected chi connectivity index (χ3v) is 4.21. The third kappa shape index (κ3) is 3.69. The van der Waals surface area contributed by atoms with Gasteiger partial charge in [-0.1, -0.05) is 42.5 Å². The molecule has 0 aliphatic rings. The highest BCUT2D eigenvalue weighted by Gasteiger charge is 2.13. The van der Waals surface area contributed by atoms with Crippen molar-refractivity contribution >= 4 is 22.6 Å². The molecule has 0 atom stereocenters. The highest BCUT2D eigenvalue weighted by molar-refractivity contribution is 5.98. The quantitative estimate of drug-likeness (QED) is 0.795. The first kappa shape index (κ1) is 16.7. The van der Waals surface area contributed by atoms with E-state index >= 15 is 0 Å². The average Bonchev–Trinajstić information content (AvgIpc) is 2.67. The fourth-order valence-corrected chi connectivity index (χ4v) is 2.79. The summed E-state index contributed by atoms with van der Waals surface area (Å²) in [6.07, 6.45) is 0. The molecule has 0 saturated heterocycles. The first-order valence-corrected chi connectivity index (χ1v) is 8.14. The molecule has 0 aliphatic heterocycles. The Morgan fingerprint density at radius 1 is 0.880 bits per heavy atom. The molecule has 25 heavy (non-hydrogen) atoms. The molecular weight excluding hydrogens is 312 g/mol. The summed E-state index contributed by atoms with van der Waals surface area (Å²) in [5, 5.41) is 4.76. The minimum absolute atomic E-state index is 0.0267. The first-order chi connectivity index (χ1) is 12.1. The van der Waals surface area contributed by atoms with Gasteiger partial charge in [0.15, 0.2) is 0 Å². The number of nitrogens with one attached hydrogen (secondary N) is 1. The zero-order valence-electron chi connectivity index (χ0n) is 14.3. The highest BCUT2D eigenvalue weighted by atomic mass is 16.2. The van der Waals surface area contributed by atoms with Crippen LogP contribution in [0.25, 0.3) is 10.8 Å². The van der Waals surface area contributed by atoms with E-state index in [1.54, 1.807) is 31.1 Å². The standard InChI is InChI=1S/C21H20N2O2/c1-22-20(24)17-9-7-15(8-10-17)14-23(2)21(25)19-12-11-16-5-3-4-6-18(16)13-19/h3-13H,14H2,1-2H3,(H,22,24). The first-order valence-electron chi connectivity index (χ1n) is 8.14. The zero-order chi connectivity index (χ0) is 17.8. The smallest absolute Gasteiger partial charge is 0.253 e. The molecule has 0 fully saturated rings. The Labute approximate surface area is 147 Å². The maximum Gasteiger partial charge on any atom is 0.253 e. The molecule has 0 bridgehead atoms. The van der Waals surface area contributed by atoms with Crippen molar-refractivity contribution < 1.29 is 9.59 Å². The fourth-order valence-electron chi connectivity index (χ4n) is 2.79. The molecule has 126 valence electrons. The van der Waals surface area contributed by atoms with Gasteiger partial charge in [0.2, 0.25) is 0 Å². The molecule has 2 amide bonds. The Hall–Kier alpha value is -3.14. The molecule has 3 rings (SSSR count). The minimum Gasteiger partial charge on any atom is -0.355 e. The predicted molar refractivity (Wildman–Crippen MR) is 99.6 cm³/mol. The maximum atomic E-state index is 12.7. The zero-order valence-corrected chi connectivity index (χ0v) is 14.3.